The van der Waals surface area contributed by atoms with Crippen LogP contribution in [-0.4, -0.2) is 26.1 Å². The zero-order valence-corrected chi connectivity index (χ0v) is 29.3. The van der Waals surface area contributed by atoms with Crippen molar-refractivity contribution < 1.29 is 9.47 Å². The first kappa shape index (κ1) is 29.1. The molecule has 0 spiro atoms. The molecular weight excluding hydrogens is 923 g/mol. The molecule has 0 aliphatic carbocycles. The van der Waals surface area contributed by atoms with E-state index in [0.717, 1.165) is 41.4 Å². The predicted molar refractivity (Wildman–Crippen MR) is 159 cm³/mol. The fraction of sp³-hybridized carbons (Fsp3) is 0.429. The first-order valence-electron chi connectivity index (χ1n) is 9.19. The lowest BCUT2D eigenvalue weighted by Crippen LogP contribution is -2.35. The van der Waals surface area contributed by atoms with Gasteiger partial charge in [-0.05, 0) is 48.2 Å². The molecule has 0 saturated heterocycles. The van der Waals surface area contributed by atoms with Gasteiger partial charge in [-0.3, -0.25) is 0 Å². The van der Waals surface area contributed by atoms with Gasteiger partial charge in [0.25, 0.3) is 0 Å². The van der Waals surface area contributed by atoms with Crippen LogP contribution in [0.5, 0.6) is 11.5 Å². The fourth-order valence-corrected chi connectivity index (χ4v) is 6.85. The molecule has 2 atom stereocenters. The molecule has 2 rings (SSSR count). The Morgan fingerprint density at radius 1 is 0.677 bits per heavy atom. The van der Waals surface area contributed by atoms with Crippen molar-refractivity contribution in [3.05, 3.63) is 53.3 Å². The van der Waals surface area contributed by atoms with E-state index < -0.39 is 5.79 Å². The van der Waals surface area contributed by atoms with E-state index in [1.807, 2.05) is 38.1 Å². The smallest absolute Gasteiger partial charge is 0.245 e. The summed E-state index contributed by atoms with van der Waals surface area (Å²) in [7, 11) is 0. The van der Waals surface area contributed by atoms with Crippen LogP contribution in [-0.2, 0) is 12.8 Å². The molecule has 0 radical (unpaired) electrons. The third-order valence-corrected chi connectivity index (χ3v) is 11.6. The van der Waals surface area contributed by atoms with Crippen LogP contribution in [0.15, 0.2) is 42.2 Å². The van der Waals surface area contributed by atoms with Crippen molar-refractivity contribution in [3.8, 4) is 11.5 Å². The maximum atomic E-state index is 6.20. The minimum atomic E-state index is -0.873. The quantitative estimate of drug-likeness (QED) is 0.175. The van der Waals surface area contributed by atoms with Gasteiger partial charge in [0, 0.05) is 52.1 Å². The Bertz CT molecular complexity index is 785. The predicted octanol–water partition coefficient (Wildman–Crippen LogP) is 10.3. The highest BCUT2D eigenvalue weighted by molar-refractivity contribution is 9.12. The molecule has 0 heterocycles. The second-order valence-corrected chi connectivity index (χ2v) is 14.5. The number of hydrogen-bond donors (Lipinski definition) is 0. The molecule has 0 N–H and O–H groups in total. The van der Waals surface area contributed by atoms with E-state index >= 15 is 0 Å². The molecule has 0 aromatic heterocycles. The molecule has 0 aliphatic rings. The molecule has 10 heteroatoms. The molecule has 0 amide bonds. The number of rotatable bonds is 10. The Morgan fingerprint density at radius 2 is 0.968 bits per heavy atom. The Hall–Kier alpha value is 1.88. The lowest BCUT2D eigenvalue weighted by atomic mass is 10.1. The van der Waals surface area contributed by atoms with E-state index in [0.29, 0.717) is 21.2 Å². The summed E-state index contributed by atoms with van der Waals surface area (Å²) in [6.07, 6.45) is 1.76. The number of hydrogen-bond acceptors (Lipinski definition) is 2. The van der Waals surface area contributed by atoms with E-state index in [1.54, 1.807) is 0 Å². The Morgan fingerprint density at radius 3 is 1.23 bits per heavy atom. The fourth-order valence-electron chi connectivity index (χ4n) is 2.81. The summed E-state index contributed by atoms with van der Waals surface area (Å²) >= 11 is 29.1. The summed E-state index contributed by atoms with van der Waals surface area (Å²) in [4.78, 5) is 0.696. The van der Waals surface area contributed by atoms with Crippen molar-refractivity contribution in [1.29, 1.82) is 0 Å². The Balaban J connectivity index is 2.18. The first-order chi connectivity index (χ1) is 14.5. The molecule has 2 unspecified atom stereocenters. The average molecular weight is 944 g/mol. The Labute approximate surface area is 251 Å². The molecule has 172 valence electrons. The summed E-state index contributed by atoms with van der Waals surface area (Å²) in [5, 5.41) is 1.75. The summed E-state index contributed by atoms with van der Waals surface area (Å²) in [6, 6.07) is 7.91. The summed E-state index contributed by atoms with van der Waals surface area (Å²) in [6.45, 7) is 3.80. The number of alkyl halides is 4. The van der Waals surface area contributed by atoms with E-state index in [4.69, 9.17) is 9.47 Å². The normalized spacial score (nSPS) is 13.7. The van der Waals surface area contributed by atoms with Crippen LogP contribution in [0.3, 0.4) is 0 Å². The largest absolute Gasteiger partial charge is 0.453 e. The van der Waals surface area contributed by atoms with Crippen molar-refractivity contribution in [3.63, 3.8) is 0 Å². The number of benzene rings is 2. The van der Waals surface area contributed by atoms with Crippen LogP contribution in [0.25, 0.3) is 0 Å². The minimum absolute atomic E-state index is 0.348. The SMILES string of the molecule is CC(C)(Oc1cc(Br)c(CC(Br)CBr)c(Br)c1)Oc1cc(Br)c(CC(Br)CBr)c(Br)c1. The third-order valence-electron chi connectivity index (χ3n) is 4.14. The van der Waals surface area contributed by atoms with Gasteiger partial charge in [-0.2, -0.15) is 0 Å². The minimum Gasteiger partial charge on any atom is -0.453 e. The van der Waals surface area contributed by atoms with Crippen LogP contribution in [0.4, 0.5) is 0 Å². The van der Waals surface area contributed by atoms with Crippen LogP contribution < -0.4 is 9.47 Å². The van der Waals surface area contributed by atoms with Crippen LogP contribution in [0.2, 0.25) is 0 Å². The molecule has 2 nitrogen and oxygen atoms in total. The van der Waals surface area contributed by atoms with Gasteiger partial charge < -0.3 is 9.47 Å². The molecule has 31 heavy (non-hydrogen) atoms. The van der Waals surface area contributed by atoms with Gasteiger partial charge in [-0.25, -0.2) is 0 Å². The lowest BCUT2D eigenvalue weighted by Gasteiger charge is -2.28. The van der Waals surface area contributed by atoms with E-state index in [-0.39, 0.29) is 0 Å². The number of halogens is 8. The molecule has 0 saturated carbocycles. The van der Waals surface area contributed by atoms with Crippen LogP contribution in [0, 0.1) is 0 Å². The van der Waals surface area contributed by atoms with Crippen molar-refractivity contribution >= 4 is 127 Å². The molecule has 2 aromatic carbocycles. The highest BCUT2D eigenvalue weighted by Crippen LogP contribution is 2.37. The highest BCUT2D eigenvalue weighted by Gasteiger charge is 2.24. The highest BCUT2D eigenvalue weighted by atomic mass is 79.9. The standard InChI is InChI=1S/C21H20Br8O2/c1-21(2,30-13-5-17(26)15(18(27)6-13)3-11(24)9-22)31-14-7-19(28)16(20(29)8-14)4-12(25)10-23/h5-8,11-12H,3-4,9-10H2,1-2H3. The number of ether oxygens (including phenoxy) is 2. The van der Waals surface area contributed by atoms with Crippen molar-refractivity contribution in [2.75, 3.05) is 10.7 Å². The molecule has 0 fully saturated rings. The second kappa shape index (κ2) is 13.3. The molecule has 2 aromatic rings. The average Bonchev–Trinajstić information content (AvgIpc) is 2.66. The van der Waals surface area contributed by atoms with Gasteiger partial charge in [-0.1, -0.05) is 127 Å². The van der Waals surface area contributed by atoms with E-state index in [2.05, 4.69) is 127 Å². The van der Waals surface area contributed by atoms with Crippen LogP contribution >= 0.6 is 127 Å². The maximum Gasteiger partial charge on any atom is 0.245 e. The summed E-state index contributed by atoms with van der Waals surface area (Å²) in [5.41, 5.74) is 2.37. The lowest BCUT2D eigenvalue weighted by molar-refractivity contribution is -0.0811. The molecular formula is C21H20Br8O2. The monoisotopic (exact) mass is 935 g/mol. The van der Waals surface area contributed by atoms with Gasteiger partial charge in [0.2, 0.25) is 5.79 Å². The molecule has 0 aliphatic heterocycles. The van der Waals surface area contributed by atoms with E-state index in [9.17, 15) is 0 Å². The second-order valence-electron chi connectivity index (χ2n) is 7.25. The van der Waals surface area contributed by atoms with Crippen LogP contribution in [0.1, 0.15) is 25.0 Å². The first-order valence-corrected chi connectivity index (χ1v) is 16.4. The topological polar surface area (TPSA) is 18.5 Å². The summed E-state index contributed by atoms with van der Waals surface area (Å²) in [5.74, 6) is 0.556. The van der Waals surface area contributed by atoms with Gasteiger partial charge >= 0.3 is 0 Å². The van der Waals surface area contributed by atoms with Crippen molar-refractivity contribution in [2.45, 2.75) is 42.1 Å². The van der Waals surface area contributed by atoms with Gasteiger partial charge in [0.05, 0.1) is 0 Å². The third kappa shape index (κ3) is 9.12. The molecule has 0 bridgehead atoms. The van der Waals surface area contributed by atoms with Gasteiger partial charge in [0.15, 0.2) is 0 Å². The van der Waals surface area contributed by atoms with Crippen molar-refractivity contribution in [2.24, 2.45) is 0 Å². The van der Waals surface area contributed by atoms with E-state index in [1.165, 1.54) is 11.1 Å². The van der Waals surface area contributed by atoms with Crippen molar-refractivity contribution in [1.82, 2.24) is 0 Å². The van der Waals surface area contributed by atoms with Gasteiger partial charge in [-0.15, -0.1) is 0 Å². The van der Waals surface area contributed by atoms with Gasteiger partial charge in [0.1, 0.15) is 11.5 Å². The Kier molecular flexibility index (Phi) is 12.5. The zero-order chi connectivity index (χ0) is 23.3. The summed E-state index contributed by atoms with van der Waals surface area (Å²) < 4.78 is 16.4. The maximum absolute atomic E-state index is 6.20. The zero-order valence-electron chi connectivity index (χ0n) is 16.6.